The van der Waals surface area contributed by atoms with Gasteiger partial charge in [0.2, 0.25) is 0 Å². The number of benzene rings is 1. The molecule has 0 unspecified atom stereocenters. The summed E-state index contributed by atoms with van der Waals surface area (Å²) in [4.78, 5) is 15.9. The molecule has 0 aliphatic heterocycles. The number of methoxy groups -OCH3 is 1. The summed E-state index contributed by atoms with van der Waals surface area (Å²) in [7, 11) is 1.44. The average molecular weight is 266 g/mol. The van der Waals surface area contributed by atoms with Gasteiger partial charge in [-0.1, -0.05) is 0 Å². The highest BCUT2D eigenvalue weighted by atomic mass is 32.1. The van der Waals surface area contributed by atoms with Crippen molar-refractivity contribution in [1.29, 1.82) is 0 Å². The monoisotopic (exact) mass is 266 g/mol. The molecule has 2 rings (SSSR count). The van der Waals surface area contributed by atoms with Gasteiger partial charge in [0.25, 0.3) is 5.91 Å². The Bertz CT molecular complexity index is 583. The molecule has 4 nitrogen and oxygen atoms in total. The summed E-state index contributed by atoms with van der Waals surface area (Å²) in [5, 5.41) is 4.80. The standard InChI is InChI=1S/C12H11FN2O2S/c1-7-6-18-12(14-7)15-11(16)9-4-3-8(17-2)5-10(9)13/h3-6H,1-2H3,(H,14,15,16). The average Bonchev–Trinajstić information content (AvgIpc) is 2.74. The van der Waals surface area contributed by atoms with Crippen molar-refractivity contribution in [2.24, 2.45) is 0 Å². The summed E-state index contributed by atoms with van der Waals surface area (Å²) >= 11 is 1.30. The van der Waals surface area contributed by atoms with Crippen LogP contribution in [0.3, 0.4) is 0 Å². The molecule has 0 saturated carbocycles. The van der Waals surface area contributed by atoms with Crippen LogP contribution in [0.15, 0.2) is 23.6 Å². The Labute approximate surface area is 107 Å². The van der Waals surface area contributed by atoms with E-state index in [9.17, 15) is 9.18 Å². The molecular weight excluding hydrogens is 255 g/mol. The molecular formula is C12H11FN2O2S. The molecule has 0 saturated heterocycles. The molecule has 6 heteroatoms. The van der Waals surface area contributed by atoms with E-state index in [1.807, 2.05) is 6.92 Å². The second kappa shape index (κ2) is 5.14. The number of nitrogens with zero attached hydrogens (tertiary/aromatic N) is 1. The van der Waals surface area contributed by atoms with Crippen LogP contribution in [0.25, 0.3) is 0 Å². The Balaban J connectivity index is 2.18. The van der Waals surface area contributed by atoms with Crippen LogP contribution < -0.4 is 10.1 Å². The number of carbonyl (C=O) groups is 1. The third-order valence-corrected chi connectivity index (χ3v) is 3.14. The lowest BCUT2D eigenvalue weighted by molar-refractivity contribution is 0.102. The molecule has 0 aliphatic carbocycles. The topological polar surface area (TPSA) is 51.2 Å². The second-order valence-corrected chi connectivity index (χ2v) is 4.45. The number of thiazole rings is 1. The van der Waals surface area contributed by atoms with Gasteiger partial charge in [-0.2, -0.15) is 0 Å². The van der Waals surface area contributed by atoms with Gasteiger partial charge < -0.3 is 4.74 Å². The minimum Gasteiger partial charge on any atom is -0.497 e. The molecule has 0 radical (unpaired) electrons. The largest absolute Gasteiger partial charge is 0.497 e. The third-order valence-electron chi connectivity index (χ3n) is 2.26. The van der Waals surface area contributed by atoms with E-state index < -0.39 is 11.7 Å². The predicted octanol–water partition coefficient (Wildman–Crippen LogP) is 2.85. The number of ether oxygens (including phenoxy) is 1. The number of hydrogen-bond acceptors (Lipinski definition) is 4. The van der Waals surface area contributed by atoms with Crippen LogP contribution in [-0.4, -0.2) is 18.0 Å². The molecule has 1 heterocycles. The Hall–Kier alpha value is -1.95. The van der Waals surface area contributed by atoms with E-state index >= 15 is 0 Å². The number of hydrogen-bond donors (Lipinski definition) is 1. The zero-order valence-corrected chi connectivity index (χ0v) is 10.7. The lowest BCUT2D eigenvalue weighted by Gasteiger charge is -2.05. The van der Waals surface area contributed by atoms with Gasteiger partial charge in [-0.3, -0.25) is 10.1 Å². The fourth-order valence-corrected chi connectivity index (χ4v) is 2.07. The molecule has 18 heavy (non-hydrogen) atoms. The number of nitrogens with one attached hydrogen (secondary N) is 1. The van der Waals surface area contributed by atoms with Crippen molar-refractivity contribution in [2.45, 2.75) is 6.92 Å². The first-order valence-electron chi connectivity index (χ1n) is 5.17. The first kappa shape index (κ1) is 12.5. The van der Waals surface area contributed by atoms with E-state index in [0.717, 1.165) is 5.69 Å². The molecule has 1 N–H and O–H groups in total. The fraction of sp³-hybridized carbons (Fsp3) is 0.167. The quantitative estimate of drug-likeness (QED) is 0.929. The van der Waals surface area contributed by atoms with Gasteiger partial charge in [0, 0.05) is 11.4 Å². The SMILES string of the molecule is COc1ccc(C(=O)Nc2nc(C)cs2)c(F)c1. The number of halogens is 1. The minimum atomic E-state index is -0.625. The molecule has 94 valence electrons. The van der Waals surface area contributed by atoms with Crippen molar-refractivity contribution < 1.29 is 13.9 Å². The number of rotatable bonds is 3. The smallest absolute Gasteiger partial charge is 0.260 e. The minimum absolute atomic E-state index is 0.0383. The highest BCUT2D eigenvalue weighted by Crippen LogP contribution is 2.19. The van der Waals surface area contributed by atoms with Gasteiger partial charge in [0.15, 0.2) is 5.13 Å². The maximum absolute atomic E-state index is 13.6. The highest BCUT2D eigenvalue weighted by molar-refractivity contribution is 7.13. The fourth-order valence-electron chi connectivity index (χ4n) is 1.38. The van der Waals surface area contributed by atoms with Crippen molar-refractivity contribution in [3.05, 3.63) is 40.7 Å². The number of carbonyl (C=O) groups excluding carboxylic acids is 1. The van der Waals surface area contributed by atoms with Crippen LogP contribution in [0.2, 0.25) is 0 Å². The Kier molecular flexibility index (Phi) is 3.57. The summed E-state index contributed by atoms with van der Waals surface area (Å²) in [5.74, 6) is -0.779. The van der Waals surface area contributed by atoms with Crippen LogP contribution >= 0.6 is 11.3 Å². The van der Waals surface area contributed by atoms with Gasteiger partial charge in [0.05, 0.1) is 18.4 Å². The summed E-state index contributed by atoms with van der Waals surface area (Å²) < 4.78 is 18.5. The van der Waals surface area contributed by atoms with Crippen LogP contribution in [-0.2, 0) is 0 Å². The molecule has 0 spiro atoms. The number of aryl methyl sites for hydroxylation is 1. The van der Waals surface area contributed by atoms with Crippen LogP contribution in [0.1, 0.15) is 16.1 Å². The van der Waals surface area contributed by atoms with Crippen molar-refractivity contribution in [1.82, 2.24) is 4.98 Å². The third kappa shape index (κ3) is 2.65. The van der Waals surface area contributed by atoms with E-state index in [0.29, 0.717) is 10.9 Å². The van der Waals surface area contributed by atoms with E-state index in [-0.39, 0.29) is 5.56 Å². The summed E-state index contributed by atoms with van der Waals surface area (Å²) in [6.45, 7) is 1.82. The molecule has 0 fully saturated rings. The molecule has 0 atom stereocenters. The summed E-state index contributed by atoms with van der Waals surface area (Å²) in [5.41, 5.74) is 0.772. The Morgan fingerprint density at radius 1 is 1.50 bits per heavy atom. The molecule has 0 aliphatic rings. The van der Waals surface area contributed by atoms with E-state index in [2.05, 4.69) is 10.3 Å². The number of anilines is 1. The van der Waals surface area contributed by atoms with Gasteiger partial charge in [-0.25, -0.2) is 9.37 Å². The predicted molar refractivity (Wildman–Crippen MR) is 67.8 cm³/mol. The van der Waals surface area contributed by atoms with E-state index in [1.165, 1.54) is 36.6 Å². The Morgan fingerprint density at radius 2 is 2.28 bits per heavy atom. The summed E-state index contributed by atoms with van der Waals surface area (Å²) in [6, 6.07) is 4.08. The van der Waals surface area contributed by atoms with Crippen molar-refractivity contribution >= 4 is 22.4 Å². The number of aromatic nitrogens is 1. The highest BCUT2D eigenvalue weighted by Gasteiger charge is 2.13. The molecule has 0 bridgehead atoms. The summed E-state index contributed by atoms with van der Waals surface area (Å²) in [6.07, 6.45) is 0. The van der Waals surface area contributed by atoms with Crippen LogP contribution in [0, 0.1) is 12.7 Å². The van der Waals surface area contributed by atoms with E-state index in [1.54, 1.807) is 5.38 Å². The van der Waals surface area contributed by atoms with Gasteiger partial charge >= 0.3 is 0 Å². The first-order chi connectivity index (χ1) is 8.60. The van der Waals surface area contributed by atoms with Gasteiger partial charge in [-0.15, -0.1) is 11.3 Å². The van der Waals surface area contributed by atoms with Crippen molar-refractivity contribution in [3.8, 4) is 5.75 Å². The molecule has 1 amide bonds. The normalized spacial score (nSPS) is 10.2. The first-order valence-corrected chi connectivity index (χ1v) is 6.05. The zero-order chi connectivity index (χ0) is 13.1. The molecule has 1 aromatic heterocycles. The second-order valence-electron chi connectivity index (χ2n) is 3.59. The van der Waals surface area contributed by atoms with Crippen molar-refractivity contribution in [2.75, 3.05) is 12.4 Å². The maximum Gasteiger partial charge on any atom is 0.260 e. The Morgan fingerprint density at radius 3 is 2.83 bits per heavy atom. The van der Waals surface area contributed by atoms with Crippen LogP contribution in [0.5, 0.6) is 5.75 Å². The maximum atomic E-state index is 13.6. The lowest BCUT2D eigenvalue weighted by Crippen LogP contribution is -2.13. The number of amides is 1. The van der Waals surface area contributed by atoms with E-state index in [4.69, 9.17) is 4.74 Å². The molecule has 1 aromatic carbocycles. The van der Waals surface area contributed by atoms with Gasteiger partial charge in [0.1, 0.15) is 11.6 Å². The zero-order valence-electron chi connectivity index (χ0n) is 9.86. The van der Waals surface area contributed by atoms with Crippen LogP contribution in [0.4, 0.5) is 9.52 Å². The van der Waals surface area contributed by atoms with Gasteiger partial charge in [-0.05, 0) is 19.1 Å². The van der Waals surface area contributed by atoms with Crippen molar-refractivity contribution in [3.63, 3.8) is 0 Å². The molecule has 2 aromatic rings. The lowest BCUT2D eigenvalue weighted by atomic mass is 10.2.